The summed E-state index contributed by atoms with van der Waals surface area (Å²) in [5, 5.41) is 11.1. The highest BCUT2D eigenvalue weighted by atomic mass is 79.9. The minimum absolute atomic E-state index is 0.0683. The molecule has 6 nitrogen and oxygen atoms in total. The van der Waals surface area contributed by atoms with Crippen LogP contribution < -0.4 is 5.32 Å². The van der Waals surface area contributed by atoms with E-state index >= 15 is 0 Å². The summed E-state index contributed by atoms with van der Waals surface area (Å²) in [6, 6.07) is 0. The molecule has 0 spiro atoms. The van der Waals surface area contributed by atoms with Gasteiger partial charge in [0.1, 0.15) is 6.54 Å². The summed E-state index contributed by atoms with van der Waals surface area (Å²) < 4.78 is 5.20. The Balaban J connectivity index is 1.75. The molecule has 2 aromatic rings. The van der Waals surface area contributed by atoms with E-state index in [-0.39, 0.29) is 12.5 Å². The normalized spacial score (nSPS) is 10.7. The third-order valence-electron chi connectivity index (χ3n) is 2.46. The van der Waals surface area contributed by atoms with Crippen molar-refractivity contribution < 1.29 is 4.79 Å². The van der Waals surface area contributed by atoms with Crippen molar-refractivity contribution in [1.82, 2.24) is 24.9 Å². The van der Waals surface area contributed by atoms with Crippen molar-refractivity contribution in [1.29, 1.82) is 0 Å². The third-order valence-corrected chi connectivity index (χ3v) is 3.64. The summed E-state index contributed by atoms with van der Waals surface area (Å²) >= 11 is 6.68. The van der Waals surface area contributed by atoms with E-state index in [1.165, 1.54) is 0 Å². The lowest BCUT2D eigenvalue weighted by Gasteiger charge is -2.05. The Hall–Kier alpha value is -1.15. The summed E-state index contributed by atoms with van der Waals surface area (Å²) in [5.41, 5.74) is 0.870. The zero-order valence-electron chi connectivity index (χ0n) is 10.3. The van der Waals surface area contributed by atoms with Gasteiger partial charge in [0.15, 0.2) is 0 Å². The molecular weight excluding hydrogens is 378 g/mol. The molecule has 2 aromatic heterocycles. The fraction of sp³-hybridized carbons (Fsp3) is 0.364. The molecule has 0 atom stereocenters. The Labute approximate surface area is 127 Å². The number of halogens is 2. The number of hydrogen-bond donors (Lipinski definition) is 1. The van der Waals surface area contributed by atoms with Gasteiger partial charge >= 0.3 is 0 Å². The van der Waals surface area contributed by atoms with Crippen molar-refractivity contribution >= 4 is 37.8 Å². The first-order chi connectivity index (χ1) is 9.04. The number of rotatable bonds is 5. The van der Waals surface area contributed by atoms with Crippen LogP contribution in [0.15, 0.2) is 27.5 Å². The largest absolute Gasteiger partial charge is 0.353 e. The van der Waals surface area contributed by atoms with E-state index in [1.807, 2.05) is 13.1 Å². The van der Waals surface area contributed by atoms with Crippen LogP contribution in [0.4, 0.5) is 0 Å². The summed E-state index contributed by atoms with van der Waals surface area (Å²) in [7, 11) is 0. The van der Waals surface area contributed by atoms with Crippen LogP contribution in [0.5, 0.6) is 0 Å². The Morgan fingerprint density at radius 1 is 1.37 bits per heavy atom. The van der Waals surface area contributed by atoms with E-state index in [4.69, 9.17) is 0 Å². The van der Waals surface area contributed by atoms with Gasteiger partial charge in [-0.1, -0.05) is 0 Å². The first kappa shape index (κ1) is 14.3. The second-order valence-corrected chi connectivity index (χ2v) is 5.80. The summed E-state index contributed by atoms with van der Waals surface area (Å²) in [6.45, 7) is 3.27. The third kappa shape index (κ3) is 4.17. The zero-order chi connectivity index (χ0) is 13.8. The molecule has 19 heavy (non-hydrogen) atoms. The maximum atomic E-state index is 11.7. The van der Waals surface area contributed by atoms with Gasteiger partial charge in [0, 0.05) is 18.9 Å². The Morgan fingerprint density at radius 3 is 2.74 bits per heavy atom. The first-order valence-electron chi connectivity index (χ1n) is 5.69. The van der Waals surface area contributed by atoms with Gasteiger partial charge in [-0.25, -0.2) is 0 Å². The summed E-state index contributed by atoms with van der Waals surface area (Å²) in [4.78, 5) is 11.7. The second kappa shape index (κ2) is 6.33. The van der Waals surface area contributed by atoms with Crippen molar-refractivity contribution in [2.45, 2.75) is 20.0 Å². The molecule has 1 amide bonds. The fourth-order valence-corrected chi connectivity index (χ4v) is 2.19. The van der Waals surface area contributed by atoms with Gasteiger partial charge < -0.3 is 5.32 Å². The van der Waals surface area contributed by atoms with Crippen LogP contribution in [0.2, 0.25) is 0 Å². The molecule has 0 aliphatic heterocycles. The number of carbonyl (C=O) groups is 1. The average molecular weight is 391 g/mol. The average Bonchev–Trinajstić information content (AvgIpc) is 2.86. The molecule has 8 heteroatoms. The second-order valence-electron chi connectivity index (χ2n) is 4.03. The molecule has 0 saturated heterocycles. The fourth-order valence-electron chi connectivity index (χ4n) is 1.55. The van der Waals surface area contributed by atoms with Gasteiger partial charge in [0.05, 0.1) is 27.4 Å². The predicted molar refractivity (Wildman–Crippen MR) is 77.6 cm³/mol. The molecule has 0 aliphatic rings. The van der Waals surface area contributed by atoms with E-state index in [2.05, 4.69) is 47.4 Å². The first-order valence-corrected chi connectivity index (χ1v) is 7.27. The minimum atomic E-state index is -0.0683. The van der Waals surface area contributed by atoms with Crippen molar-refractivity contribution in [3.05, 3.63) is 33.2 Å². The maximum Gasteiger partial charge on any atom is 0.241 e. The van der Waals surface area contributed by atoms with Crippen LogP contribution in [0.25, 0.3) is 0 Å². The molecule has 0 aromatic carbocycles. The number of nitrogens with zero attached hydrogens (tertiary/aromatic N) is 4. The van der Waals surface area contributed by atoms with Crippen LogP contribution in [0, 0.1) is 6.92 Å². The Kier molecular flexibility index (Phi) is 4.76. The molecular formula is C11H13Br2N5O. The van der Waals surface area contributed by atoms with E-state index in [9.17, 15) is 4.79 Å². The quantitative estimate of drug-likeness (QED) is 0.845. The SMILES string of the molecule is Cc1nn(CC(=O)NCCn2cc(Br)cn2)cc1Br. The lowest BCUT2D eigenvalue weighted by atomic mass is 10.5. The van der Waals surface area contributed by atoms with E-state index < -0.39 is 0 Å². The van der Waals surface area contributed by atoms with E-state index in [1.54, 1.807) is 21.8 Å². The summed E-state index contributed by atoms with van der Waals surface area (Å²) in [5.74, 6) is -0.0683. The van der Waals surface area contributed by atoms with Crippen molar-refractivity contribution in [2.24, 2.45) is 0 Å². The van der Waals surface area contributed by atoms with Crippen molar-refractivity contribution in [2.75, 3.05) is 6.54 Å². The highest BCUT2D eigenvalue weighted by Crippen LogP contribution is 2.12. The molecule has 0 aliphatic carbocycles. The zero-order valence-corrected chi connectivity index (χ0v) is 13.5. The molecule has 0 bridgehead atoms. The smallest absolute Gasteiger partial charge is 0.241 e. The van der Waals surface area contributed by atoms with Gasteiger partial charge in [-0.2, -0.15) is 10.2 Å². The van der Waals surface area contributed by atoms with E-state index in [0.717, 1.165) is 14.6 Å². The van der Waals surface area contributed by atoms with Crippen molar-refractivity contribution in [3.63, 3.8) is 0 Å². The molecule has 0 saturated carbocycles. The van der Waals surface area contributed by atoms with Crippen LogP contribution in [-0.4, -0.2) is 32.0 Å². The highest BCUT2D eigenvalue weighted by Gasteiger charge is 2.06. The van der Waals surface area contributed by atoms with Gasteiger partial charge in [-0.3, -0.25) is 14.2 Å². The van der Waals surface area contributed by atoms with Crippen LogP contribution in [0.1, 0.15) is 5.69 Å². The monoisotopic (exact) mass is 389 g/mol. The van der Waals surface area contributed by atoms with Crippen LogP contribution in [-0.2, 0) is 17.9 Å². The topological polar surface area (TPSA) is 64.7 Å². The minimum Gasteiger partial charge on any atom is -0.353 e. The molecule has 0 radical (unpaired) electrons. The summed E-state index contributed by atoms with van der Waals surface area (Å²) in [6.07, 6.45) is 5.37. The molecule has 2 rings (SSSR count). The number of amides is 1. The lowest BCUT2D eigenvalue weighted by molar-refractivity contribution is -0.121. The van der Waals surface area contributed by atoms with Gasteiger partial charge in [0.25, 0.3) is 0 Å². The number of aromatic nitrogens is 4. The Bertz CT molecular complexity index is 558. The van der Waals surface area contributed by atoms with Gasteiger partial charge in [-0.15, -0.1) is 0 Å². The number of aryl methyl sites for hydroxylation is 1. The maximum absolute atomic E-state index is 11.7. The van der Waals surface area contributed by atoms with Gasteiger partial charge in [-0.05, 0) is 38.8 Å². The Morgan fingerprint density at radius 2 is 2.16 bits per heavy atom. The standard InChI is InChI=1S/C11H13Br2N5O/c1-8-10(13)6-18(16-8)7-11(19)14-2-3-17-5-9(12)4-15-17/h4-6H,2-3,7H2,1H3,(H,14,19). The van der Waals surface area contributed by atoms with Crippen molar-refractivity contribution in [3.8, 4) is 0 Å². The lowest BCUT2D eigenvalue weighted by Crippen LogP contribution is -2.30. The predicted octanol–water partition coefficient (Wildman–Crippen LogP) is 1.73. The number of carbonyl (C=O) groups excluding carboxylic acids is 1. The van der Waals surface area contributed by atoms with Gasteiger partial charge in [0.2, 0.25) is 5.91 Å². The van der Waals surface area contributed by atoms with E-state index in [0.29, 0.717) is 13.1 Å². The van der Waals surface area contributed by atoms with Crippen LogP contribution >= 0.6 is 31.9 Å². The molecule has 0 unspecified atom stereocenters. The molecule has 102 valence electrons. The number of nitrogens with one attached hydrogen (secondary N) is 1. The molecule has 1 N–H and O–H groups in total. The number of hydrogen-bond acceptors (Lipinski definition) is 3. The molecule has 0 fully saturated rings. The molecule has 2 heterocycles. The highest BCUT2D eigenvalue weighted by molar-refractivity contribution is 9.10. The van der Waals surface area contributed by atoms with Crippen LogP contribution in [0.3, 0.4) is 0 Å².